The Kier molecular flexibility index (Phi) is 2.15. The Bertz CT molecular complexity index is 560. The molecule has 2 aliphatic carbocycles. The van der Waals surface area contributed by atoms with Gasteiger partial charge < -0.3 is 9.67 Å². The zero-order valence-electron chi connectivity index (χ0n) is 9.85. The third kappa shape index (κ3) is 1.72. The molecule has 2 aromatic rings. The van der Waals surface area contributed by atoms with Gasteiger partial charge in [0.25, 0.3) is 0 Å². The highest BCUT2D eigenvalue weighted by Gasteiger charge is 2.28. The summed E-state index contributed by atoms with van der Waals surface area (Å²) in [5, 5.41) is 10.8. The van der Waals surface area contributed by atoms with Crippen LogP contribution in [0, 0.1) is 5.92 Å². The van der Waals surface area contributed by atoms with Gasteiger partial charge in [0.15, 0.2) is 0 Å². The van der Waals surface area contributed by atoms with E-state index in [1.165, 1.54) is 35.9 Å². The first-order valence-corrected chi connectivity index (χ1v) is 7.39. The predicted octanol–water partition coefficient (Wildman–Crippen LogP) is 3.48. The summed E-state index contributed by atoms with van der Waals surface area (Å²) in [6.07, 6.45) is 5.48. The molecule has 4 rings (SSSR count). The lowest BCUT2D eigenvalue weighted by Crippen LogP contribution is -2.03. The van der Waals surface area contributed by atoms with Crippen LogP contribution in [0.1, 0.15) is 42.2 Å². The maximum atomic E-state index is 9.45. The van der Waals surface area contributed by atoms with E-state index < -0.39 is 0 Å². The average Bonchev–Trinajstić information content (AvgIpc) is 3.22. The van der Waals surface area contributed by atoms with E-state index in [2.05, 4.69) is 16.7 Å². The summed E-state index contributed by atoms with van der Waals surface area (Å²) in [7, 11) is 0. The van der Waals surface area contributed by atoms with E-state index in [-0.39, 0.29) is 6.61 Å². The number of aliphatic hydroxyl groups excluding tert-OH is 1. The van der Waals surface area contributed by atoms with E-state index >= 15 is 0 Å². The minimum absolute atomic E-state index is 0.173. The van der Waals surface area contributed by atoms with Crippen LogP contribution in [0.25, 0.3) is 10.2 Å². The Balaban J connectivity index is 1.79. The molecule has 0 aromatic carbocycles. The molecular formula is C14H17NOS. The van der Waals surface area contributed by atoms with E-state index in [4.69, 9.17) is 0 Å². The fourth-order valence-electron chi connectivity index (χ4n) is 2.58. The molecule has 2 aromatic heterocycles. The van der Waals surface area contributed by atoms with Gasteiger partial charge >= 0.3 is 0 Å². The van der Waals surface area contributed by atoms with Crippen LogP contribution in [-0.4, -0.2) is 9.67 Å². The number of fused-ring (bicyclic) bond motifs is 1. The monoisotopic (exact) mass is 247 g/mol. The third-order valence-electron chi connectivity index (χ3n) is 3.95. The SMILES string of the molecule is OCc1cc2cc(C3CC3)sc2n1CC1CC1. The van der Waals surface area contributed by atoms with Gasteiger partial charge in [-0.3, -0.25) is 0 Å². The highest BCUT2D eigenvalue weighted by Crippen LogP contribution is 2.46. The maximum Gasteiger partial charge on any atom is 0.103 e. The second-order valence-electron chi connectivity index (χ2n) is 5.53. The molecule has 90 valence electrons. The van der Waals surface area contributed by atoms with Crippen molar-refractivity contribution >= 4 is 21.6 Å². The minimum Gasteiger partial charge on any atom is -0.390 e. The summed E-state index contributed by atoms with van der Waals surface area (Å²) >= 11 is 1.95. The first-order valence-electron chi connectivity index (χ1n) is 6.58. The van der Waals surface area contributed by atoms with Gasteiger partial charge in [-0.25, -0.2) is 0 Å². The van der Waals surface area contributed by atoms with Gasteiger partial charge in [-0.1, -0.05) is 0 Å². The van der Waals surface area contributed by atoms with Gasteiger partial charge in [0.1, 0.15) is 4.83 Å². The molecular weight excluding hydrogens is 230 g/mol. The highest BCUT2D eigenvalue weighted by atomic mass is 32.1. The van der Waals surface area contributed by atoms with E-state index in [1.807, 2.05) is 11.3 Å². The van der Waals surface area contributed by atoms with Gasteiger partial charge in [-0.05, 0) is 49.7 Å². The van der Waals surface area contributed by atoms with Crippen LogP contribution in [0.2, 0.25) is 0 Å². The molecule has 0 radical (unpaired) electrons. The number of hydrogen-bond donors (Lipinski definition) is 1. The predicted molar refractivity (Wildman–Crippen MR) is 70.4 cm³/mol. The molecule has 2 fully saturated rings. The molecule has 17 heavy (non-hydrogen) atoms. The molecule has 0 spiro atoms. The smallest absolute Gasteiger partial charge is 0.103 e. The Morgan fingerprint density at radius 1 is 1.24 bits per heavy atom. The lowest BCUT2D eigenvalue weighted by atomic mass is 10.3. The number of aliphatic hydroxyl groups is 1. The number of nitrogens with zero attached hydrogens (tertiary/aromatic N) is 1. The highest BCUT2D eigenvalue weighted by molar-refractivity contribution is 7.18. The Morgan fingerprint density at radius 2 is 2.06 bits per heavy atom. The van der Waals surface area contributed by atoms with Gasteiger partial charge in [-0.15, -0.1) is 11.3 Å². The molecule has 2 heterocycles. The summed E-state index contributed by atoms with van der Waals surface area (Å²) in [4.78, 5) is 2.95. The molecule has 0 saturated heterocycles. The minimum atomic E-state index is 0.173. The van der Waals surface area contributed by atoms with Crippen molar-refractivity contribution in [3.63, 3.8) is 0 Å². The van der Waals surface area contributed by atoms with Crippen molar-refractivity contribution in [1.29, 1.82) is 0 Å². The fourth-order valence-corrected chi connectivity index (χ4v) is 3.93. The molecule has 1 N–H and O–H groups in total. The molecule has 2 saturated carbocycles. The van der Waals surface area contributed by atoms with Crippen LogP contribution >= 0.6 is 11.3 Å². The van der Waals surface area contributed by atoms with Crippen molar-refractivity contribution < 1.29 is 5.11 Å². The van der Waals surface area contributed by atoms with Crippen LogP contribution in [-0.2, 0) is 13.2 Å². The van der Waals surface area contributed by atoms with Crippen molar-refractivity contribution in [2.75, 3.05) is 0 Å². The third-order valence-corrected chi connectivity index (χ3v) is 5.29. The molecule has 0 aliphatic heterocycles. The lowest BCUT2D eigenvalue weighted by molar-refractivity contribution is 0.270. The summed E-state index contributed by atoms with van der Waals surface area (Å²) in [6, 6.07) is 4.53. The van der Waals surface area contributed by atoms with Crippen LogP contribution in [0.4, 0.5) is 0 Å². The van der Waals surface area contributed by atoms with Crippen molar-refractivity contribution in [2.24, 2.45) is 5.92 Å². The van der Waals surface area contributed by atoms with E-state index in [1.54, 1.807) is 4.88 Å². The molecule has 2 nitrogen and oxygen atoms in total. The van der Waals surface area contributed by atoms with Crippen molar-refractivity contribution in [2.45, 2.75) is 44.8 Å². The number of thiophene rings is 1. The Morgan fingerprint density at radius 3 is 2.71 bits per heavy atom. The molecule has 0 bridgehead atoms. The maximum absolute atomic E-state index is 9.45. The first-order chi connectivity index (χ1) is 8.35. The van der Waals surface area contributed by atoms with Crippen molar-refractivity contribution in [1.82, 2.24) is 4.57 Å². The van der Waals surface area contributed by atoms with Crippen LogP contribution in [0.5, 0.6) is 0 Å². The van der Waals surface area contributed by atoms with Crippen molar-refractivity contribution in [3.8, 4) is 0 Å². The van der Waals surface area contributed by atoms with Crippen LogP contribution in [0.15, 0.2) is 12.1 Å². The van der Waals surface area contributed by atoms with Crippen molar-refractivity contribution in [3.05, 3.63) is 22.7 Å². The van der Waals surface area contributed by atoms with Gasteiger partial charge in [-0.2, -0.15) is 0 Å². The Hall–Kier alpha value is -0.800. The van der Waals surface area contributed by atoms with Gasteiger partial charge in [0.05, 0.1) is 6.61 Å². The van der Waals surface area contributed by atoms with E-state index in [9.17, 15) is 5.11 Å². The fraction of sp³-hybridized carbons (Fsp3) is 0.571. The molecule has 0 amide bonds. The van der Waals surface area contributed by atoms with Crippen LogP contribution in [0.3, 0.4) is 0 Å². The second-order valence-corrected chi connectivity index (χ2v) is 6.59. The summed E-state index contributed by atoms with van der Waals surface area (Å²) in [5.74, 6) is 1.71. The zero-order valence-corrected chi connectivity index (χ0v) is 10.7. The largest absolute Gasteiger partial charge is 0.390 e. The number of hydrogen-bond acceptors (Lipinski definition) is 2. The lowest BCUT2D eigenvalue weighted by Gasteiger charge is -2.06. The summed E-state index contributed by atoms with van der Waals surface area (Å²) < 4.78 is 2.36. The summed E-state index contributed by atoms with van der Waals surface area (Å²) in [5.41, 5.74) is 1.10. The topological polar surface area (TPSA) is 25.2 Å². The van der Waals surface area contributed by atoms with E-state index in [0.29, 0.717) is 0 Å². The summed E-state index contributed by atoms with van der Waals surface area (Å²) in [6.45, 7) is 1.29. The molecule has 0 unspecified atom stereocenters. The van der Waals surface area contributed by atoms with Gasteiger partial charge in [0, 0.05) is 22.5 Å². The standard InChI is InChI=1S/C14H17NOS/c16-8-12-5-11-6-13(10-3-4-10)17-14(11)15(12)7-9-1-2-9/h5-6,9-10,16H,1-4,7-8H2. The molecule has 3 heteroatoms. The second kappa shape index (κ2) is 3.59. The Labute approximate surface area is 105 Å². The normalized spacial score (nSPS) is 20.3. The number of aromatic nitrogens is 1. The number of rotatable bonds is 4. The van der Waals surface area contributed by atoms with Gasteiger partial charge in [0.2, 0.25) is 0 Å². The zero-order chi connectivity index (χ0) is 11.4. The molecule has 0 atom stereocenters. The quantitative estimate of drug-likeness (QED) is 0.879. The van der Waals surface area contributed by atoms with E-state index in [0.717, 1.165) is 24.1 Å². The van der Waals surface area contributed by atoms with Crippen LogP contribution < -0.4 is 0 Å². The first kappa shape index (κ1) is 10.2. The average molecular weight is 247 g/mol. The molecule has 2 aliphatic rings.